The maximum Gasteiger partial charge on any atom is 0.422 e. The zero-order valence-electron chi connectivity index (χ0n) is 29.0. The number of nitrogens with zero attached hydrogens (tertiary/aromatic N) is 3. The molecule has 4 aromatic rings. The van der Waals surface area contributed by atoms with Gasteiger partial charge in [-0.1, -0.05) is 29.8 Å². The van der Waals surface area contributed by atoms with Gasteiger partial charge in [-0.05, 0) is 79.4 Å². The van der Waals surface area contributed by atoms with Crippen LogP contribution in [0.3, 0.4) is 0 Å². The van der Waals surface area contributed by atoms with Crippen LogP contribution < -0.4 is 31.3 Å². The number of benzene rings is 3. The largest absolute Gasteiger partial charge is 0.467 e. The highest BCUT2D eigenvalue weighted by Gasteiger charge is 2.45. The van der Waals surface area contributed by atoms with E-state index in [0.717, 1.165) is 30.9 Å². The molecule has 0 unspecified atom stereocenters. The number of anilines is 4. The Morgan fingerprint density at radius 3 is 2.16 bits per heavy atom. The molecule has 0 bridgehead atoms. The van der Waals surface area contributed by atoms with Gasteiger partial charge in [-0.25, -0.2) is 4.79 Å². The average molecular weight is 809 g/mol. The number of alkyl halides is 6. The zero-order chi connectivity index (χ0) is 40.7. The molecule has 21 heteroatoms. The zero-order valence-corrected chi connectivity index (χ0v) is 29.7. The van der Waals surface area contributed by atoms with Crippen molar-refractivity contribution in [3.05, 3.63) is 94.5 Å². The average Bonchev–Trinajstić information content (AvgIpc) is 3.93. The first-order valence-electron chi connectivity index (χ1n) is 16.5. The van der Waals surface area contributed by atoms with Gasteiger partial charge in [0.1, 0.15) is 6.04 Å². The normalized spacial score (nSPS) is 13.8. The molecule has 5 rings (SSSR count). The van der Waals surface area contributed by atoms with E-state index in [4.69, 9.17) is 21.1 Å². The van der Waals surface area contributed by atoms with Crippen molar-refractivity contribution in [2.45, 2.75) is 43.2 Å². The fraction of sp³-hybridized carbons (Fsp3) is 0.286. The number of carbonyl (C=O) groups is 4. The number of rotatable bonds is 14. The second-order valence-electron chi connectivity index (χ2n) is 12.2. The minimum Gasteiger partial charge on any atom is -0.467 e. The third-order valence-electron chi connectivity index (χ3n) is 8.04. The molecule has 0 spiro atoms. The first kappa shape index (κ1) is 41.0. The van der Waals surface area contributed by atoms with Crippen molar-refractivity contribution in [3.8, 4) is 6.01 Å². The summed E-state index contributed by atoms with van der Waals surface area (Å²) in [5, 5.41) is 13.2. The van der Waals surface area contributed by atoms with E-state index in [9.17, 15) is 45.5 Å². The second-order valence-corrected chi connectivity index (χ2v) is 12.6. The number of carbonyl (C=O) groups excluding carboxylic acids is 4. The first-order chi connectivity index (χ1) is 26.4. The van der Waals surface area contributed by atoms with Gasteiger partial charge < -0.3 is 36.1 Å². The highest BCUT2D eigenvalue weighted by molar-refractivity contribution is 6.39. The number of esters is 1. The Balaban J connectivity index is 1.20. The minimum absolute atomic E-state index is 0.0554. The molecular weight excluding hydrogens is 778 g/mol. The fourth-order valence-electron chi connectivity index (χ4n) is 5.11. The quantitative estimate of drug-likeness (QED) is 0.0594. The van der Waals surface area contributed by atoms with E-state index in [1.54, 1.807) is 12.1 Å². The molecule has 1 aliphatic carbocycles. The minimum atomic E-state index is -4.67. The molecule has 1 aliphatic rings. The number of hydrogen-bond donors (Lipinski definition) is 5. The Morgan fingerprint density at radius 1 is 0.857 bits per heavy atom. The Kier molecular flexibility index (Phi) is 12.5. The lowest BCUT2D eigenvalue weighted by Gasteiger charge is -2.19. The van der Waals surface area contributed by atoms with E-state index in [0.29, 0.717) is 29.6 Å². The molecule has 0 radical (unpaired) electrons. The van der Waals surface area contributed by atoms with Gasteiger partial charge >= 0.3 is 36.1 Å². The Morgan fingerprint density at radius 2 is 1.54 bits per heavy atom. The number of aromatic nitrogens is 3. The lowest BCUT2D eigenvalue weighted by atomic mass is 10.1. The van der Waals surface area contributed by atoms with Crippen LogP contribution in [0.25, 0.3) is 0 Å². The highest BCUT2D eigenvalue weighted by atomic mass is 35.5. The topological polar surface area (TPSA) is 186 Å². The molecule has 5 N–H and O–H groups in total. The maximum absolute atomic E-state index is 13.0. The number of halogens is 7. The first-order valence-corrected chi connectivity index (χ1v) is 16.8. The van der Waals surface area contributed by atoms with Gasteiger partial charge in [-0.15, -0.1) is 0 Å². The molecule has 56 heavy (non-hydrogen) atoms. The second kappa shape index (κ2) is 17.1. The summed E-state index contributed by atoms with van der Waals surface area (Å²) in [5.41, 5.74) is -0.672. The predicted octanol–water partition coefficient (Wildman–Crippen LogP) is 5.75. The molecule has 1 aromatic heterocycles. The highest BCUT2D eigenvalue weighted by Crippen LogP contribution is 2.48. The van der Waals surface area contributed by atoms with Crippen LogP contribution in [0.15, 0.2) is 72.8 Å². The van der Waals surface area contributed by atoms with Gasteiger partial charge in [0.25, 0.3) is 5.91 Å². The third kappa shape index (κ3) is 11.4. The van der Waals surface area contributed by atoms with Crippen LogP contribution in [0.1, 0.15) is 40.7 Å². The number of methoxy groups -OCH3 is 1. The lowest BCUT2D eigenvalue weighted by Crippen LogP contribution is -2.44. The van der Waals surface area contributed by atoms with Gasteiger partial charge in [0.05, 0.1) is 18.2 Å². The van der Waals surface area contributed by atoms with Gasteiger partial charge in [-0.2, -0.15) is 41.3 Å². The van der Waals surface area contributed by atoms with Crippen LogP contribution in [0.4, 0.5) is 49.6 Å². The predicted molar refractivity (Wildman–Crippen MR) is 188 cm³/mol. The van der Waals surface area contributed by atoms with Crippen molar-refractivity contribution in [1.29, 1.82) is 0 Å². The monoisotopic (exact) mass is 808 g/mol. The Hall–Kier alpha value is -6.18. The summed E-state index contributed by atoms with van der Waals surface area (Å²) >= 11 is 6.01. The van der Waals surface area contributed by atoms with Crippen LogP contribution in [-0.2, 0) is 30.8 Å². The van der Waals surface area contributed by atoms with Gasteiger partial charge in [0, 0.05) is 28.5 Å². The van der Waals surface area contributed by atoms with Crippen LogP contribution in [-0.4, -0.2) is 71.1 Å². The van der Waals surface area contributed by atoms with E-state index >= 15 is 0 Å². The van der Waals surface area contributed by atoms with Crippen molar-refractivity contribution < 1.29 is 55.0 Å². The van der Waals surface area contributed by atoms with Crippen LogP contribution in [0.2, 0.25) is 5.02 Å². The summed E-state index contributed by atoms with van der Waals surface area (Å²) < 4.78 is 87.2. The van der Waals surface area contributed by atoms with Crippen molar-refractivity contribution >= 4 is 58.6 Å². The molecule has 1 saturated carbocycles. The number of nitrogens with one attached hydrogen (secondary N) is 5. The smallest absolute Gasteiger partial charge is 0.422 e. The van der Waals surface area contributed by atoms with E-state index in [1.165, 1.54) is 24.3 Å². The molecular formula is C35H31ClF6N8O6. The summed E-state index contributed by atoms with van der Waals surface area (Å²) in [5.74, 6) is -4.35. The molecule has 1 heterocycles. The third-order valence-corrected chi connectivity index (χ3v) is 8.30. The lowest BCUT2D eigenvalue weighted by molar-refractivity contribution is -0.154. The van der Waals surface area contributed by atoms with Crippen LogP contribution >= 0.6 is 11.6 Å². The van der Waals surface area contributed by atoms with Gasteiger partial charge in [-0.3, -0.25) is 14.4 Å². The van der Waals surface area contributed by atoms with Gasteiger partial charge in [0.15, 0.2) is 6.61 Å². The van der Waals surface area contributed by atoms with E-state index in [1.807, 2.05) is 12.1 Å². The Labute approximate surface area is 318 Å². The molecule has 0 saturated heterocycles. The summed E-state index contributed by atoms with van der Waals surface area (Å²) in [6, 6.07) is 14.3. The molecule has 1 fully saturated rings. The SMILES string of the molecule is COC(=O)[C@H](CCNC(=O)C(=O)Nc1cccc(C(F)(F)F)c1)NC(=O)c1ccc(Nc2nc(NC3(c4ccc(Cl)cc4)CC3)nc(OCC(F)(F)F)n2)cc1. The standard InChI is InChI=1S/C35H31ClF6N8O6/c1-55-29(54)25(13-16-43-27(52)28(53)44-24-4-2-3-21(17-24)35(40,41)42)46-26(51)19-5-11-23(12-6-19)45-30-47-31(49-32(48-30)56-18-34(37,38)39)50-33(14-15-33)20-7-9-22(36)10-8-20/h2-12,17,25H,13-16,18H2,1H3,(H,43,52)(H,44,53)(H,46,51)(H2,45,47,48,49,50)/t25-/m0/s1. The summed E-state index contributed by atoms with van der Waals surface area (Å²) in [4.78, 5) is 62.2. The van der Waals surface area contributed by atoms with E-state index < -0.39 is 65.8 Å². The number of hydrogen-bond acceptors (Lipinski definition) is 11. The summed E-state index contributed by atoms with van der Waals surface area (Å²) in [6.45, 7) is -1.98. The summed E-state index contributed by atoms with van der Waals surface area (Å²) in [6.07, 6.45) is -8.22. The van der Waals surface area contributed by atoms with Crippen molar-refractivity contribution in [3.63, 3.8) is 0 Å². The molecule has 1 atom stereocenters. The van der Waals surface area contributed by atoms with Crippen LogP contribution in [0, 0.1) is 0 Å². The summed E-state index contributed by atoms with van der Waals surface area (Å²) in [7, 11) is 1.06. The maximum atomic E-state index is 13.0. The fourth-order valence-corrected chi connectivity index (χ4v) is 5.24. The van der Waals surface area contributed by atoms with E-state index in [-0.39, 0.29) is 36.1 Å². The molecule has 0 aliphatic heterocycles. The van der Waals surface area contributed by atoms with Crippen LogP contribution in [0.5, 0.6) is 6.01 Å². The molecule has 3 aromatic carbocycles. The molecule has 3 amide bonds. The number of ether oxygens (including phenoxy) is 2. The molecule has 296 valence electrons. The number of amides is 3. The van der Waals surface area contributed by atoms with E-state index in [2.05, 4.69) is 41.5 Å². The van der Waals surface area contributed by atoms with Crippen molar-refractivity contribution in [2.24, 2.45) is 0 Å². The molecule has 14 nitrogen and oxygen atoms in total. The van der Waals surface area contributed by atoms with Gasteiger partial charge in [0.2, 0.25) is 11.9 Å². The Bertz CT molecular complexity index is 2070. The van der Waals surface area contributed by atoms with Crippen molar-refractivity contribution in [1.82, 2.24) is 25.6 Å². The van der Waals surface area contributed by atoms with Crippen molar-refractivity contribution in [2.75, 3.05) is 36.2 Å².